The number of para-hydroxylation sites is 1. The van der Waals surface area contributed by atoms with Gasteiger partial charge in [0, 0.05) is 24.3 Å². The van der Waals surface area contributed by atoms with E-state index in [-0.39, 0.29) is 0 Å². The van der Waals surface area contributed by atoms with Crippen LogP contribution in [0.5, 0.6) is 0 Å². The summed E-state index contributed by atoms with van der Waals surface area (Å²) in [5.74, 6) is 1.46. The van der Waals surface area contributed by atoms with E-state index in [1.165, 1.54) is 17.7 Å². The molecule has 98 valence electrons. The second-order valence-corrected chi connectivity index (χ2v) is 6.13. The molecule has 2 nitrogen and oxygen atoms in total. The SMILES string of the molecule is Cc1cccc(C(N)=S)c1N1CC(C)CC(C)C1. The van der Waals surface area contributed by atoms with Crippen LogP contribution < -0.4 is 10.6 Å². The highest BCUT2D eigenvalue weighted by Gasteiger charge is 2.24. The molecular weight excluding hydrogens is 240 g/mol. The third-order valence-electron chi connectivity index (χ3n) is 3.69. The summed E-state index contributed by atoms with van der Waals surface area (Å²) >= 11 is 5.19. The summed E-state index contributed by atoms with van der Waals surface area (Å²) in [6.07, 6.45) is 1.31. The molecule has 0 bridgehead atoms. The van der Waals surface area contributed by atoms with Crippen molar-refractivity contribution in [3.63, 3.8) is 0 Å². The smallest absolute Gasteiger partial charge is 0.106 e. The molecule has 0 saturated carbocycles. The van der Waals surface area contributed by atoms with Gasteiger partial charge in [0.05, 0.1) is 0 Å². The molecular formula is C15H22N2S. The molecule has 1 aliphatic heterocycles. The number of nitrogens with two attached hydrogens (primary N) is 1. The number of thiocarbonyl (C=S) groups is 1. The minimum atomic E-state index is 0.500. The Kier molecular flexibility index (Phi) is 3.91. The fourth-order valence-electron chi connectivity index (χ4n) is 3.12. The molecule has 1 saturated heterocycles. The van der Waals surface area contributed by atoms with Crippen LogP contribution in [-0.4, -0.2) is 18.1 Å². The zero-order valence-corrected chi connectivity index (χ0v) is 12.3. The Balaban J connectivity index is 2.40. The van der Waals surface area contributed by atoms with Crippen LogP contribution >= 0.6 is 12.2 Å². The van der Waals surface area contributed by atoms with Crippen LogP contribution in [0.4, 0.5) is 5.69 Å². The summed E-state index contributed by atoms with van der Waals surface area (Å²) in [5.41, 5.74) is 9.39. The minimum Gasteiger partial charge on any atom is -0.389 e. The first kappa shape index (κ1) is 13.3. The maximum absolute atomic E-state index is 5.86. The van der Waals surface area contributed by atoms with Gasteiger partial charge in [0.2, 0.25) is 0 Å². The van der Waals surface area contributed by atoms with Crippen LogP contribution in [0.3, 0.4) is 0 Å². The number of rotatable bonds is 2. The second kappa shape index (κ2) is 5.27. The molecule has 2 rings (SSSR count). The summed E-state index contributed by atoms with van der Waals surface area (Å²) in [7, 11) is 0. The zero-order chi connectivity index (χ0) is 13.3. The molecule has 1 fully saturated rings. The summed E-state index contributed by atoms with van der Waals surface area (Å²) in [4.78, 5) is 2.96. The molecule has 0 radical (unpaired) electrons. The Morgan fingerprint density at radius 3 is 2.44 bits per heavy atom. The van der Waals surface area contributed by atoms with Gasteiger partial charge in [-0.05, 0) is 36.8 Å². The van der Waals surface area contributed by atoms with Gasteiger partial charge in [0.1, 0.15) is 4.99 Å². The summed E-state index contributed by atoms with van der Waals surface area (Å²) < 4.78 is 0. The fraction of sp³-hybridized carbons (Fsp3) is 0.533. The molecule has 0 amide bonds. The standard InChI is InChI=1S/C15H22N2S/c1-10-7-11(2)9-17(8-10)14-12(3)5-4-6-13(14)15(16)18/h4-6,10-11H,7-9H2,1-3H3,(H2,16,18). The van der Waals surface area contributed by atoms with Crippen LogP contribution in [0.25, 0.3) is 0 Å². The van der Waals surface area contributed by atoms with E-state index in [0.717, 1.165) is 30.5 Å². The highest BCUT2D eigenvalue weighted by Crippen LogP contribution is 2.31. The number of hydrogen-bond donors (Lipinski definition) is 1. The Labute approximate surface area is 115 Å². The largest absolute Gasteiger partial charge is 0.389 e. The van der Waals surface area contributed by atoms with Crippen LogP contribution in [0, 0.1) is 18.8 Å². The number of hydrogen-bond acceptors (Lipinski definition) is 2. The van der Waals surface area contributed by atoms with Gasteiger partial charge >= 0.3 is 0 Å². The van der Waals surface area contributed by atoms with Crippen molar-refractivity contribution in [1.29, 1.82) is 0 Å². The first-order chi connectivity index (χ1) is 8.49. The van der Waals surface area contributed by atoms with E-state index in [1.807, 2.05) is 12.1 Å². The first-order valence-electron chi connectivity index (χ1n) is 6.63. The Morgan fingerprint density at radius 1 is 1.28 bits per heavy atom. The van der Waals surface area contributed by atoms with E-state index in [0.29, 0.717) is 4.99 Å². The lowest BCUT2D eigenvalue weighted by Gasteiger charge is -2.38. The lowest BCUT2D eigenvalue weighted by molar-refractivity contribution is 0.356. The van der Waals surface area contributed by atoms with Gasteiger partial charge in [-0.25, -0.2) is 0 Å². The van der Waals surface area contributed by atoms with Crippen molar-refractivity contribution in [1.82, 2.24) is 0 Å². The Morgan fingerprint density at radius 2 is 1.89 bits per heavy atom. The molecule has 1 heterocycles. The normalized spacial score (nSPS) is 24.1. The highest BCUT2D eigenvalue weighted by molar-refractivity contribution is 7.80. The molecule has 1 aromatic carbocycles. The molecule has 2 N–H and O–H groups in total. The van der Waals surface area contributed by atoms with Gasteiger partial charge in [0.25, 0.3) is 0 Å². The van der Waals surface area contributed by atoms with Gasteiger partial charge in [-0.2, -0.15) is 0 Å². The monoisotopic (exact) mass is 262 g/mol. The topological polar surface area (TPSA) is 29.3 Å². The second-order valence-electron chi connectivity index (χ2n) is 5.69. The fourth-order valence-corrected chi connectivity index (χ4v) is 3.29. The lowest BCUT2D eigenvalue weighted by Crippen LogP contribution is -2.40. The lowest BCUT2D eigenvalue weighted by atomic mass is 9.90. The summed E-state index contributed by atoms with van der Waals surface area (Å²) in [6.45, 7) is 8.99. The van der Waals surface area contributed by atoms with Gasteiger partial charge < -0.3 is 10.6 Å². The molecule has 18 heavy (non-hydrogen) atoms. The van der Waals surface area contributed by atoms with E-state index >= 15 is 0 Å². The van der Waals surface area contributed by atoms with E-state index in [1.54, 1.807) is 0 Å². The molecule has 0 spiro atoms. The van der Waals surface area contributed by atoms with Crippen molar-refractivity contribution in [2.45, 2.75) is 27.2 Å². The van der Waals surface area contributed by atoms with Crippen molar-refractivity contribution in [2.24, 2.45) is 17.6 Å². The zero-order valence-electron chi connectivity index (χ0n) is 11.4. The molecule has 3 heteroatoms. The van der Waals surface area contributed by atoms with Crippen LogP contribution in [-0.2, 0) is 0 Å². The van der Waals surface area contributed by atoms with Crippen molar-refractivity contribution in [2.75, 3.05) is 18.0 Å². The number of aryl methyl sites for hydroxylation is 1. The predicted molar refractivity (Wildman–Crippen MR) is 82.2 cm³/mol. The van der Waals surface area contributed by atoms with Crippen LogP contribution in [0.2, 0.25) is 0 Å². The minimum absolute atomic E-state index is 0.500. The van der Waals surface area contributed by atoms with E-state index < -0.39 is 0 Å². The number of piperidine rings is 1. The number of benzene rings is 1. The van der Waals surface area contributed by atoms with Crippen molar-refractivity contribution < 1.29 is 0 Å². The predicted octanol–water partition coefficient (Wildman–Crippen LogP) is 3.11. The van der Waals surface area contributed by atoms with Gasteiger partial charge in [-0.15, -0.1) is 0 Å². The molecule has 2 atom stereocenters. The third-order valence-corrected chi connectivity index (χ3v) is 3.91. The van der Waals surface area contributed by atoms with Crippen LogP contribution in [0.1, 0.15) is 31.4 Å². The maximum Gasteiger partial charge on any atom is 0.106 e. The third kappa shape index (κ3) is 2.66. The molecule has 0 aliphatic carbocycles. The van der Waals surface area contributed by atoms with E-state index in [4.69, 9.17) is 18.0 Å². The van der Waals surface area contributed by atoms with Crippen LogP contribution in [0.15, 0.2) is 18.2 Å². The van der Waals surface area contributed by atoms with Gasteiger partial charge in [0.15, 0.2) is 0 Å². The summed E-state index contributed by atoms with van der Waals surface area (Å²) in [6, 6.07) is 6.21. The van der Waals surface area contributed by atoms with Crippen molar-refractivity contribution in [3.05, 3.63) is 29.3 Å². The summed E-state index contributed by atoms with van der Waals surface area (Å²) in [5, 5.41) is 0. The van der Waals surface area contributed by atoms with E-state index in [2.05, 4.69) is 31.7 Å². The molecule has 2 unspecified atom stereocenters. The average molecular weight is 262 g/mol. The Bertz CT molecular complexity index is 446. The van der Waals surface area contributed by atoms with Gasteiger partial charge in [-0.3, -0.25) is 0 Å². The molecule has 1 aliphatic rings. The molecule has 1 aromatic rings. The van der Waals surface area contributed by atoms with Crippen molar-refractivity contribution >= 4 is 22.9 Å². The number of anilines is 1. The van der Waals surface area contributed by atoms with Crippen molar-refractivity contribution in [3.8, 4) is 0 Å². The number of nitrogens with zero attached hydrogens (tertiary/aromatic N) is 1. The Hall–Kier alpha value is -1.09. The quantitative estimate of drug-likeness (QED) is 0.830. The first-order valence-corrected chi connectivity index (χ1v) is 7.04. The average Bonchev–Trinajstić information content (AvgIpc) is 2.26. The molecule has 0 aromatic heterocycles. The van der Waals surface area contributed by atoms with E-state index in [9.17, 15) is 0 Å². The maximum atomic E-state index is 5.86. The van der Waals surface area contributed by atoms with Gasteiger partial charge in [-0.1, -0.05) is 38.2 Å². The highest BCUT2D eigenvalue weighted by atomic mass is 32.1.